The number of carbonyl (C=O) groups excluding carboxylic acids is 1. The average Bonchev–Trinajstić information content (AvgIpc) is 2.98. The molecule has 2 aromatic rings. The number of rotatable bonds is 4. The van der Waals surface area contributed by atoms with Crippen LogP contribution in [0.2, 0.25) is 0 Å². The van der Waals surface area contributed by atoms with Crippen molar-refractivity contribution < 1.29 is 13.2 Å². The Morgan fingerprint density at radius 1 is 1.23 bits per heavy atom. The Morgan fingerprint density at radius 3 is 2.54 bits per heavy atom. The first-order valence-corrected chi connectivity index (χ1v) is 10.2. The maximum absolute atomic E-state index is 12.5. The molecule has 2 heterocycles. The summed E-state index contributed by atoms with van der Waals surface area (Å²) >= 11 is 0. The van der Waals surface area contributed by atoms with Crippen LogP contribution >= 0.6 is 0 Å². The van der Waals surface area contributed by atoms with E-state index in [4.69, 9.17) is 0 Å². The van der Waals surface area contributed by atoms with Gasteiger partial charge in [-0.15, -0.1) is 0 Å². The topological polar surface area (TPSA) is 92.3 Å². The number of benzene rings is 1. The van der Waals surface area contributed by atoms with Crippen molar-refractivity contribution in [3.63, 3.8) is 0 Å². The molecule has 0 aliphatic carbocycles. The van der Waals surface area contributed by atoms with Crippen LogP contribution in [0.25, 0.3) is 0 Å². The molecule has 1 amide bonds. The van der Waals surface area contributed by atoms with Gasteiger partial charge in [-0.3, -0.25) is 4.79 Å². The lowest BCUT2D eigenvalue weighted by molar-refractivity contribution is 0.0747. The molecule has 0 saturated carbocycles. The molecule has 1 fully saturated rings. The third-order valence-corrected chi connectivity index (χ3v) is 6.58. The highest BCUT2D eigenvalue weighted by molar-refractivity contribution is 7.91. The Labute approximate surface area is 153 Å². The number of aryl methyl sites for hydroxylation is 1. The Balaban J connectivity index is 1.71. The van der Waals surface area contributed by atoms with Gasteiger partial charge in [0.05, 0.1) is 17.1 Å². The van der Waals surface area contributed by atoms with Gasteiger partial charge in [-0.1, -0.05) is 12.1 Å². The van der Waals surface area contributed by atoms with Crippen molar-refractivity contribution in [3.8, 4) is 0 Å². The number of carbonyl (C=O) groups is 1. The second-order valence-corrected chi connectivity index (χ2v) is 8.87. The first kappa shape index (κ1) is 18.3. The summed E-state index contributed by atoms with van der Waals surface area (Å²) in [5.74, 6) is 0.277. The highest BCUT2D eigenvalue weighted by Crippen LogP contribution is 2.21. The summed E-state index contributed by atoms with van der Waals surface area (Å²) in [7, 11) is -1.42. The minimum Gasteiger partial charge on any atom is -0.338 e. The fourth-order valence-electron chi connectivity index (χ4n) is 2.96. The molecular weight excluding hydrogens is 352 g/mol. The van der Waals surface area contributed by atoms with Crippen LogP contribution in [0, 0.1) is 13.8 Å². The van der Waals surface area contributed by atoms with E-state index in [1.54, 1.807) is 7.05 Å². The molecule has 1 atom stereocenters. The molecular formula is C18H22N4O3S. The number of anilines is 2. The highest BCUT2D eigenvalue weighted by atomic mass is 32.2. The van der Waals surface area contributed by atoms with Gasteiger partial charge in [-0.05, 0) is 37.5 Å². The van der Waals surface area contributed by atoms with Gasteiger partial charge in [-0.2, -0.15) is 0 Å². The summed E-state index contributed by atoms with van der Waals surface area (Å²) in [6.07, 6.45) is 3.39. The van der Waals surface area contributed by atoms with Crippen LogP contribution in [-0.2, 0) is 9.84 Å². The highest BCUT2D eigenvalue weighted by Gasteiger charge is 2.33. The number of nitrogens with one attached hydrogen (secondary N) is 1. The molecule has 1 aromatic carbocycles. The third-order valence-electron chi connectivity index (χ3n) is 4.83. The molecule has 3 rings (SSSR count). The standard InChI is InChI=1S/C18H22N4O3S/c1-12-5-4-6-16(13(12)2)21-18-19-9-14(10-20-18)17(23)22(3)15-7-8-26(24,25)11-15/h4-6,9-10,15H,7-8,11H2,1-3H3,(H,19,20,21). The lowest BCUT2D eigenvalue weighted by Gasteiger charge is -2.23. The summed E-state index contributed by atoms with van der Waals surface area (Å²) in [5.41, 5.74) is 3.52. The van der Waals surface area contributed by atoms with Gasteiger partial charge in [0.25, 0.3) is 5.91 Å². The normalized spacial score (nSPS) is 18.5. The summed E-state index contributed by atoms with van der Waals surface area (Å²) < 4.78 is 23.2. The van der Waals surface area contributed by atoms with E-state index >= 15 is 0 Å². The number of hydrogen-bond donors (Lipinski definition) is 1. The quantitative estimate of drug-likeness (QED) is 0.881. The maximum atomic E-state index is 12.5. The van der Waals surface area contributed by atoms with Crippen molar-refractivity contribution in [2.24, 2.45) is 0 Å². The second kappa shape index (κ2) is 7.03. The predicted octanol–water partition coefficient (Wildman–Crippen LogP) is 2.10. The Bertz CT molecular complexity index is 926. The van der Waals surface area contributed by atoms with Crippen LogP contribution < -0.4 is 5.32 Å². The summed E-state index contributed by atoms with van der Waals surface area (Å²) in [4.78, 5) is 22.4. The van der Waals surface area contributed by atoms with Crippen LogP contribution in [-0.4, -0.2) is 53.8 Å². The number of aromatic nitrogens is 2. The molecule has 7 nitrogen and oxygen atoms in total. The van der Waals surface area contributed by atoms with Crippen molar-refractivity contribution >= 4 is 27.4 Å². The summed E-state index contributed by atoms with van der Waals surface area (Å²) in [6.45, 7) is 4.04. The number of hydrogen-bond acceptors (Lipinski definition) is 6. The summed E-state index contributed by atoms with van der Waals surface area (Å²) in [6, 6.07) is 5.63. The van der Waals surface area contributed by atoms with E-state index in [-0.39, 0.29) is 23.5 Å². The van der Waals surface area contributed by atoms with Crippen LogP contribution in [0.3, 0.4) is 0 Å². The fourth-order valence-corrected chi connectivity index (χ4v) is 4.73. The molecule has 0 radical (unpaired) electrons. The molecule has 1 unspecified atom stereocenters. The predicted molar refractivity (Wildman–Crippen MR) is 100 cm³/mol. The first-order chi connectivity index (χ1) is 12.3. The SMILES string of the molecule is Cc1cccc(Nc2ncc(C(=O)N(C)C3CCS(=O)(=O)C3)cn2)c1C. The zero-order chi connectivity index (χ0) is 18.9. The lowest BCUT2D eigenvalue weighted by Crippen LogP contribution is -2.37. The zero-order valence-electron chi connectivity index (χ0n) is 15.1. The molecule has 1 N–H and O–H groups in total. The van der Waals surface area contributed by atoms with Gasteiger partial charge in [0.2, 0.25) is 5.95 Å². The molecule has 8 heteroatoms. The fraction of sp³-hybridized carbons (Fsp3) is 0.389. The van der Waals surface area contributed by atoms with Gasteiger partial charge in [-0.25, -0.2) is 18.4 Å². The monoisotopic (exact) mass is 374 g/mol. The molecule has 138 valence electrons. The maximum Gasteiger partial charge on any atom is 0.257 e. The van der Waals surface area contributed by atoms with Crippen LogP contribution in [0.15, 0.2) is 30.6 Å². The molecule has 1 aromatic heterocycles. The van der Waals surface area contributed by atoms with Crippen molar-refractivity contribution in [1.29, 1.82) is 0 Å². The average molecular weight is 374 g/mol. The molecule has 0 spiro atoms. The minimum atomic E-state index is -3.04. The van der Waals surface area contributed by atoms with E-state index in [9.17, 15) is 13.2 Å². The second-order valence-electron chi connectivity index (χ2n) is 6.64. The molecule has 0 bridgehead atoms. The zero-order valence-corrected chi connectivity index (χ0v) is 15.9. The Hall–Kier alpha value is -2.48. The molecule has 1 aliphatic heterocycles. The van der Waals surface area contributed by atoms with Crippen LogP contribution in [0.4, 0.5) is 11.6 Å². The number of amides is 1. The van der Waals surface area contributed by atoms with Gasteiger partial charge >= 0.3 is 0 Å². The van der Waals surface area contributed by atoms with Crippen molar-refractivity contribution in [2.45, 2.75) is 26.3 Å². The van der Waals surface area contributed by atoms with Crippen molar-refractivity contribution in [1.82, 2.24) is 14.9 Å². The van der Waals surface area contributed by atoms with Gasteiger partial charge in [0, 0.05) is 31.2 Å². The Morgan fingerprint density at radius 2 is 1.92 bits per heavy atom. The Kier molecular flexibility index (Phi) is 4.95. The molecule has 1 saturated heterocycles. The molecule has 1 aliphatic rings. The van der Waals surface area contributed by atoms with E-state index in [0.29, 0.717) is 17.9 Å². The molecule has 26 heavy (non-hydrogen) atoms. The van der Waals surface area contributed by atoms with Gasteiger partial charge in [0.1, 0.15) is 0 Å². The van der Waals surface area contributed by atoms with Crippen LogP contribution in [0.1, 0.15) is 27.9 Å². The minimum absolute atomic E-state index is 0.0162. The first-order valence-electron chi connectivity index (χ1n) is 8.40. The number of sulfone groups is 1. The van der Waals surface area contributed by atoms with Crippen LogP contribution in [0.5, 0.6) is 0 Å². The summed E-state index contributed by atoms with van der Waals surface area (Å²) in [5, 5.41) is 3.15. The smallest absolute Gasteiger partial charge is 0.257 e. The van der Waals surface area contributed by atoms with E-state index in [0.717, 1.165) is 16.8 Å². The van der Waals surface area contributed by atoms with Gasteiger partial charge < -0.3 is 10.2 Å². The van der Waals surface area contributed by atoms with Gasteiger partial charge in [0.15, 0.2) is 9.84 Å². The van der Waals surface area contributed by atoms with Crippen molar-refractivity contribution in [2.75, 3.05) is 23.9 Å². The largest absolute Gasteiger partial charge is 0.338 e. The van der Waals surface area contributed by atoms with E-state index in [1.807, 2.05) is 32.0 Å². The van der Waals surface area contributed by atoms with E-state index < -0.39 is 9.84 Å². The third kappa shape index (κ3) is 3.85. The van der Waals surface area contributed by atoms with E-state index in [2.05, 4.69) is 15.3 Å². The van der Waals surface area contributed by atoms with E-state index in [1.165, 1.54) is 17.3 Å². The lowest BCUT2D eigenvalue weighted by atomic mass is 10.1. The van der Waals surface area contributed by atoms with Crippen molar-refractivity contribution in [3.05, 3.63) is 47.3 Å². The number of nitrogens with zero attached hydrogens (tertiary/aromatic N) is 3.